The minimum Gasteiger partial charge on any atom is -0.506 e. The molecule has 1 aromatic rings. The Bertz CT molecular complexity index is 317. The number of rotatable bonds is 2. The Balaban J connectivity index is 3.30. The van der Waals surface area contributed by atoms with Gasteiger partial charge in [0.2, 0.25) is 0 Å². The third-order valence-corrected chi connectivity index (χ3v) is 2.37. The lowest BCUT2D eigenvalue weighted by atomic mass is 10.1. The number of hydrogen-bond donors (Lipinski definition) is 1. The Labute approximate surface area is 82.7 Å². The molecular weight excluding hydrogens is 244 g/mol. The van der Waals surface area contributed by atoms with Gasteiger partial charge in [-0.25, -0.2) is 8.78 Å². The van der Waals surface area contributed by atoms with Crippen molar-refractivity contribution in [3.8, 4) is 5.75 Å². The van der Waals surface area contributed by atoms with Crippen LogP contribution < -0.4 is 0 Å². The highest BCUT2D eigenvalue weighted by atomic mass is 79.9. The van der Waals surface area contributed by atoms with Gasteiger partial charge in [-0.3, -0.25) is 4.98 Å². The van der Waals surface area contributed by atoms with E-state index in [2.05, 4.69) is 20.9 Å². The second-order valence-electron chi connectivity index (χ2n) is 2.57. The van der Waals surface area contributed by atoms with Gasteiger partial charge in [-0.2, -0.15) is 0 Å². The van der Waals surface area contributed by atoms with Gasteiger partial charge in [-0.1, -0.05) is 15.9 Å². The van der Waals surface area contributed by atoms with E-state index in [1.165, 1.54) is 0 Å². The molecule has 1 aromatic heterocycles. The normalized spacial score (nSPS) is 10.8. The number of halogens is 3. The topological polar surface area (TPSA) is 33.1 Å². The lowest BCUT2D eigenvalue weighted by Crippen LogP contribution is -1.99. The van der Waals surface area contributed by atoms with Crippen LogP contribution in [-0.2, 0) is 5.33 Å². The monoisotopic (exact) mass is 251 g/mol. The van der Waals surface area contributed by atoms with Crippen LogP contribution in [0, 0.1) is 6.92 Å². The average molecular weight is 252 g/mol. The highest BCUT2D eigenvalue weighted by Gasteiger charge is 2.17. The summed E-state index contributed by atoms with van der Waals surface area (Å²) < 4.78 is 24.7. The molecule has 0 radical (unpaired) electrons. The summed E-state index contributed by atoms with van der Waals surface area (Å²) in [5.74, 6) is -0.0566. The molecule has 1 rings (SSSR count). The molecule has 0 spiro atoms. The van der Waals surface area contributed by atoms with E-state index >= 15 is 0 Å². The zero-order chi connectivity index (χ0) is 10.0. The van der Waals surface area contributed by atoms with E-state index in [9.17, 15) is 13.9 Å². The van der Waals surface area contributed by atoms with Gasteiger partial charge in [-0.15, -0.1) is 0 Å². The first kappa shape index (κ1) is 10.4. The second-order valence-corrected chi connectivity index (χ2v) is 3.13. The van der Waals surface area contributed by atoms with Crippen LogP contribution in [-0.4, -0.2) is 10.1 Å². The quantitative estimate of drug-likeness (QED) is 0.821. The number of nitrogens with zero attached hydrogens (tertiary/aromatic N) is 1. The van der Waals surface area contributed by atoms with Crippen molar-refractivity contribution < 1.29 is 13.9 Å². The van der Waals surface area contributed by atoms with E-state index < -0.39 is 6.43 Å². The third kappa shape index (κ3) is 1.96. The lowest BCUT2D eigenvalue weighted by Gasteiger charge is -2.09. The minimum atomic E-state index is -2.60. The fourth-order valence-corrected chi connectivity index (χ4v) is 1.72. The van der Waals surface area contributed by atoms with Crippen LogP contribution in [0.15, 0.2) is 6.20 Å². The maximum absolute atomic E-state index is 12.4. The molecule has 0 saturated heterocycles. The van der Waals surface area contributed by atoms with Crippen molar-refractivity contribution in [3.05, 3.63) is 23.0 Å². The first-order valence-electron chi connectivity index (χ1n) is 3.59. The van der Waals surface area contributed by atoms with Gasteiger partial charge >= 0.3 is 0 Å². The fraction of sp³-hybridized carbons (Fsp3) is 0.375. The molecule has 5 heteroatoms. The summed E-state index contributed by atoms with van der Waals surface area (Å²) in [6.07, 6.45) is -1.56. The molecule has 0 aromatic carbocycles. The lowest BCUT2D eigenvalue weighted by molar-refractivity contribution is 0.145. The van der Waals surface area contributed by atoms with Crippen LogP contribution in [0.1, 0.15) is 23.2 Å². The van der Waals surface area contributed by atoms with Gasteiger partial charge in [0.1, 0.15) is 11.4 Å². The van der Waals surface area contributed by atoms with Crippen LogP contribution in [0.25, 0.3) is 0 Å². The molecule has 1 heterocycles. The maximum Gasteiger partial charge on any atom is 0.280 e. The highest BCUT2D eigenvalue weighted by Crippen LogP contribution is 2.29. The molecule has 0 unspecified atom stereocenters. The molecule has 0 fully saturated rings. The van der Waals surface area contributed by atoms with Gasteiger partial charge in [0.25, 0.3) is 6.43 Å². The van der Waals surface area contributed by atoms with Crippen molar-refractivity contribution in [2.24, 2.45) is 0 Å². The zero-order valence-electron chi connectivity index (χ0n) is 6.89. The molecule has 0 aliphatic rings. The van der Waals surface area contributed by atoms with Crippen LogP contribution in [0.5, 0.6) is 5.75 Å². The van der Waals surface area contributed by atoms with E-state index in [0.717, 1.165) is 6.20 Å². The molecule has 0 saturated carbocycles. The zero-order valence-corrected chi connectivity index (χ0v) is 8.48. The van der Waals surface area contributed by atoms with E-state index in [1.807, 2.05) is 0 Å². The van der Waals surface area contributed by atoms with Crippen molar-refractivity contribution in [1.82, 2.24) is 4.98 Å². The molecule has 0 amide bonds. The number of alkyl halides is 3. The summed E-state index contributed by atoms with van der Waals surface area (Å²) in [4.78, 5) is 3.48. The average Bonchev–Trinajstić information content (AvgIpc) is 2.09. The van der Waals surface area contributed by atoms with Crippen LogP contribution >= 0.6 is 15.9 Å². The number of aromatic nitrogens is 1. The molecule has 2 nitrogen and oxygen atoms in total. The van der Waals surface area contributed by atoms with Crippen LogP contribution in [0.2, 0.25) is 0 Å². The molecular formula is C8H8BrF2NO. The molecule has 13 heavy (non-hydrogen) atoms. The van der Waals surface area contributed by atoms with E-state index in [0.29, 0.717) is 11.1 Å². The summed E-state index contributed by atoms with van der Waals surface area (Å²) in [5.41, 5.74) is 0.532. The SMILES string of the molecule is Cc1c(O)cnc(C(F)F)c1CBr. The van der Waals surface area contributed by atoms with Gasteiger partial charge in [0.15, 0.2) is 0 Å². The van der Waals surface area contributed by atoms with Crippen molar-refractivity contribution >= 4 is 15.9 Å². The maximum atomic E-state index is 12.4. The Morgan fingerprint density at radius 3 is 2.69 bits per heavy atom. The van der Waals surface area contributed by atoms with E-state index in [1.54, 1.807) is 6.92 Å². The predicted octanol–water partition coefficient (Wildman–Crippen LogP) is 2.93. The van der Waals surface area contributed by atoms with E-state index in [4.69, 9.17) is 0 Å². The van der Waals surface area contributed by atoms with E-state index in [-0.39, 0.29) is 16.8 Å². The summed E-state index contributed by atoms with van der Waals surface area (Å²) in [5, 5.41) is 9.47. The largest absolute Gasteiger partial charge is 0.506 e. The molecule has 0 atom stereocenters. The van der Waals surface area contributed by atoms with Crippen LogP contribution in [0.4, 0.5) is 8.78 Å². The summed E-state index contributed by atoms with van der Waals surface area (Å²) in [6, 6.07) is 0. The number of aromatic hydroxyl groups is 1. The minimum absolute atomic E-state index is 0.0566. The number of pyridine rings is 1. The molecule has 0 bridgehead atoms. The Kier molecular flexibility index (Phi) is 3.19. The van der Waals surface area contributed by atoms with Crippen molar-refractivity contribution in [2.45, 2.75) is 18.7 Å². The second kappa shape index (κ2) is 4.00. The standard InChI is InChI=1S/C8H8BrF2NO/c1-4-5(2-9)7(8(10)11)12-3-6(4)13/h3,8,13H,2H2,1H3. The molecule has 1 N–H and O–H groups in total. The smallest absolute Gasteiger partial charge is 0.280 e. The molecule has 0 aliphatic heterocycles. The van der Waals surface area contributed by atoms with Gasteiger partial charge in [0, 0.05) is 5.33 Å². The Morgan fingerprint density at radius 1 is 1.62 bits per heavy atom. The first-order valence-corrected chi connectivity index (χ1v) is 4.71. The predicted molar refractivity (Wildman–Crippen MR) is 48.2 cm³/mol. The summed E-state index contributed by atoms with van der Waals surface area (Å²) >= 11 is 3.08. The van der Waals surface area contributed by atoms with Gasteiger partial charge in [-0.05, 0) is 18.1 Å². The van der Waals surface area contributed by atoms with Crippen molar-refractivity contribution in [3.63, 3.8) is 0 Å². The Morgan fingerprint density at radius 2 is 2.23 bits per heavy atom. The fourth-order valence-electron chi connectivity index (χ4n) is 1.01. The molecule has 72 valence electrons. The third-order valence-electron chi connectivity index (χ3n) is 1.81. The van der Waals surface area contributed by atoms with Gasteiger partial charge in [0.05, 0.1) is 6.20 Å². The number of hydrogen-bond acceptors (Lipinski definition) is 2. The first-order chi connectivity index (χ1) is 6.07. The van der Waals surface area contributed by atoms with Crippen molar-refractivity contribution in [2.75, 3.05) is 0 Å². The van der Waals surface area contributed by atoms with Crippen molar-refractivity contribution in [1.29, 1.82) is 0 Å². The summed E-state index contributed by atoms with van der Waals surface area (Å²) in [6.45, 7) is 1.58. The molecule has 0 aliphatic carbocycles. The summed E-state index contributed by atoms with van der Waals surface area (Å²) in [7, 11) is 0. The van der Waals surface area contributed by atoms with Crippen LogP contribution in [0.3, 0.4) is 0 Å². The Hall–Kier alpha value is -0.710. The van der Waals surface area contributed by atoms with Gasteiger partial charge < -0.3 is 5.11 Å². The highest BCUT2D eigenvalue weighted by molar-refractivity contribution is 9.08.